The first-order chi connectivity index (χ1) is 9.31. The van der Waals surface area contributed by atoms with E-state index >= 15 is 0 Å². The summed E-state index contributed by atoms with van der Waals surface area (Å²) in [7, 11) is 0. The Morgan fingerprint density at radius 3 is 2.58 bits per heavy atom. The molecule has 19 heavy (non-hydrogen) atoms. The molecule has 0 saturated heterocycles. The largest absolute Gasteiger partial charge is 0.493 e. The van der Waals surface area contributed by atoms with Crippen LogP contribution in [0.25, 0.3) is 0 Å². The van der Waals surface area contributed by atoms with Crippen LogP contribution in [-0.4, -0.2) is 12.6 Å². The SMILES string of the molecule is CC(NC(C1CC1)C1CC1)c1ccc2c(c1)CCO2. The molecule has 1 heterocycles. The van der Waals surface area contributed by atoms with Crippen molar-refractivity contribution in [2.75, 3.05) is 6.61 Å². The highest BCUT2D eigenvalue weighted by Crippen LogP contribution is 2.45. The van der Waals surface area contributed by atoms with Gasteiger partial charge in [-0.1, -0.05) is 12.1 Å². The van der Waals surface area contributed by atoms with Gasteiger partial charge < -0.3 is 10.1 Å². The van der Waals surface area contributed by atoms with Crippen molar-refractivity contribution in [2.24, 2.45) is 11.8 Å². The van der Waals surface area contributed by atoms with Crippen LogP contribution >= 0.6 is 0 Å². The second kappa shape index (κ2) is 4.52. The second-order valence-electron chi connectivity index (χ2n) is 6.55. The molecule has 2 fully saturated rings. The summed E-state index contributed by atoms with van der Waals surface area (Å²) < 4.78 is 5.59. The van der Waals surface area contributed by atoms with Crippen LogP contribution in [-0.2, 0) is 6.42 Å². The topological polar surface area (TPSA) is 21.3 Å². The maximum Gasteiger partial charge on any atom is 0.122 e. The molecular weight excluding hydrogens is 234 g/mol. The normalized spacial score (nSPS) is 23.3. The van der Waals surface area contributed by atoms with Gasteiger partial charge >= 0.3 is 0 Å². The summed E-state index contributed by atoms with van der Waals surface area (Å²) in [4.78, 5) is 0. The highest BCUT2D eigenvalue weighted by atomic mass is 16.5. The molecule has 0 aromatic heterocycles. The zero-order chi connectivity index (χ0) is 12.8. The molecule has 3 aliphatic rings. The van der Waals surface area contributed by atoms with E-state index in [0.717, 1.165) is 36.7 Å². The smallest absolute Gasteiger partial charge is 0.122 e. The highest BCUT2D eigenvalue weighted by molar-refractivity contribution is 5.40. The standard InChI is InChI=1S/C17H23NO/c1-11(18-17(12-2-3-12)13-4-5-13)14-6-7-16-15(10-14)8-9-19-16/h6-7,10-13,17-18H,2-5,8-9H2,1H3. The molecule has 0 bridgehead atoms. The van der Waals surface area contributed by atoms with E-state index in [-0.39, 0.29) is 0 Å². The van der Waals surface area contributed by atoms with E-state index in [9.17, 15) is 0 Å². The van der Waals surface area contributed by atoms with Gasteiger partial charge in [0, 0.05) is 18.5 Å². The summed E-state index contributed by atoms with van der Waals surface area (Å²) in [6.07, 6.45) is 6.85. The molecule has 1 aromatic rings. The first-order valence-corrected chi connectivity index (χ1v) is 7.83. The summed E-state index contributed by atoms with van der Waals surface area (Å²) >= 11 is 0. The molecule has 2 nitrogen and oxygen atoms in total. The molecule has 2 heteroatoms. The van der Waals surface area contributed by atoms with E-state index in [4.69, 9.17) is 4.74 Å². The van der Waals surface area contributed by atoms with Gasteiger partial charge in [0.15, 0.2) is 0 Å². The van der Waals surface area contributed by atoms with Gasteiger partial charge in [-0.25, -0.2) is 0 Å². The zero-order valence-corrected chi connectivity index (χ0v) is 11.7. The maximum atomic E-state index is 5.59. The minimum Gasteiger partial charge on any atom is -0.493 e. The van der Waals surface area contributed by atoms with Crippen molar-refractivity contribution in [1.29, 1.82) is 0 Å². The molecule has 4 rings (SSSR count). The Balaban J connectivity index is 1.48. The number of nitrogens with one attached hydrogen (secondary N) is 1. The van der Waals surface area contributed by atoms with Gasteiger partial charge in [0.05, 0.1) is 6.61 Å². The number of fused-ring (bicyclic) bond motifs is 1. The van der Waals surface area contributed by atoms with Crippen molar-refractivity contribution < 1.29 is 4.74 Å². The van der Waals surface area contributed by atoms with Gasteiger partial charge in [-0.3, -0.25) is 0 Å². The van der Waals surface area contributed by atoms with Gasteiger partial charge in [-0.2, -0.15) is 0 Å². The highest BCUT2D eigenvalue weighted by Gasteiger charge is 2.41. The molecule has 1 atom stereocenters. The minimum atomic E-state index is 0.470. The summed E-state index contributed by atoms with van der Waals surface area (Å²) in [5.74, 6) is 3.03. The second-order valence-corrected chi connectivity index (χ2v) is 6.55. The van der Waals surface area contributed by atoms with Crippen LogP contribution in [0, 0.1) is 11.8 Å². The van der Waals surface area contributed by atoms with E-state index in [2.05, 4.69) is 30.4 Å². The zero-order valence-electron chi connectivity index (χ0n) is 11.7. The minimum absolute atomic E-state index is 0.470. The molecule has 0 radical (unpaired) electrons. The summed E-state index contributed by atoms with van der Waals surface area (Å²) in [6.45, 7) is 3.17. The molecular formula is C17H23NO. The predicted octanol–water partition coefficient (Wildman–Crippen LogP) is 3.46. The van der Waals surface area contributed by atoms with Crippen LogP contribution < -0.4 is 10.1 Å². The molecule has 2 saturated carbocycles. The van der Waals surface area contributed by atoms with Gasteiger partial charge in [0.1, 0.15) is 5.75 Å². The lowest BCUT2D eigenvalue weighted by Crippen LogP contribution is -2.35. The Kier molecular flexibility index (Phi) is 2.80. The maximum absolute atomic E-state index is 5.59. The van der Waals surface area contributed by atoms with Gasteiger partial charge in [0.25, 0.3) is 0 Å². The lowest BCUT2D eigenvalue weighted by atomic mass is 10.0. The predicted molar refractivity (Wildman–Crippen MR) is 76.4 cm³/mol. The Bertz CT molecular complexity index is 464. The number of rotatable bonds is 5. The average Bonchev–Trinajstić information content (AvgIpc) is 3.33. The van der Waals surface area contributed by atoms with Crippen molar-refractivity contribution in [3.63, 3.8) is 0 Å². The van der Waals surface area contributed by atoms with Gasteiger partial charge in [-0.15, -0.1) is 0 Å². The fourth-order valence-corrected chi connectivity index (χ4v) is 3.43. The lowest BCUT2D eigenvalue weighted by molar-refractivity contribution is 0.356. The van der Waals surface area contributed by atoms with Crippen LogP contribution in [0.5, 0.6) is 5.75 Å². The van der Waals surface area contributed by atoms with Crippen LogP contribution in [0.2, 0.25) is 0 Å². The van der Waals surface area contributed by atoms with Gasteiger partial charge in [-0.05, 0) is 61.6 Å². The Morgan fingerprint density at radius 2 is 1.89 bits per heavy atom. The quantitative estimate of drug-likeness (QED) is 0.872. The molecule has 1 N–H and O–H groups in total. The summed E-state index contributed by atoms with van der Waals surface area (Å²) in [5, 5.41) is 3.91. The third-order valence-electron chi connectivity index (χ3n) is 4.92. The molecule has 1 aliphatic heterocycles. The van der Waals surface area contributed by atoms with Crippen molar-refractivity contribution in [1.82, 2.24) is 5.32 Å². The summed E-state index contributed by atoms with van der Waals surface area (Å²) in [5.41, 5.74) is 2.82. The van der Waals surface area contributed by atoms with E-state index < -0.39 is 0 Å². The Labute approximate surface area is 115 Å². The molecule has 1 aromatic carbocycles. The molecule has 102 valence electrons. The number of ether oxygens (including phenoxy) is 1. The van der Waals surface area contributed by atoms with Crippen LogP contribution in [0.15, 0.2) is 18.2 Å². The Morgan fingerprint density at radius 1 is 1.16 bits per heavy atom. The van der Waals surface area contributed by atoms with E-state index in [1.807, 2.05) is 0 Å². The average molecular weight is 257 g/mol. The van der Waals surface area contributed by atoms with Crippen molar-refractivity contribution >= 4 is 0 Å². The summed E-state index contributed by atoms with van der Waals surface area (Å²) in [6, 6.07) is 7.98. The lowest BCUT2D eigenvalue weighted by Gasteiger charge is -2.24. The van der Waals surface area contributed by atoms with Crippen LogP contribution in [0.4, 0.5) is 0 Å². The fraction of sp³-hybridized carbons (Fsp3) is 0.647. The fourth-order valence-electron chi connectivity index (χ4n) is 3.43. The van der Waals surface area contributed by atoms with Crippen LogP contribution in [0.1, 0.15) is 49.8 Å². The van der Waals surface area contributed by atoms with E-state index in [1.165, 1.54) is 36.8 Å². The number of hydrogen-bond acceptors (Lipinski definition) is 2. The molecule has 1 unspecified atom stereocenters. The third kappa shape index (κ3) is 2.38. The number of hydrogen-bond donors (Lipinski definition) is 1. The van der Waals surface area contributed by atoms with Crippen molar-refractivity contribution in [3.05, 3.63) is 29.3 Å². The first-order valence-electron chi connectivity index (χ1n) is 7.83. The van der Waals surface area contributed by atoms with Crippen LogP contribution in [0.3, 0.4) is 0 Å². The molecule has 0 amide bonds. The van der Waals surface area contributed by atoms with Gasteiger partial charge in [0.2, 0.25) is 0 Å². The Hall–Kier alpha value is -1.02. The molecule has 0 spiro atoms. The monoisotopic (exact) mass is 257 g/mol. The van der Waals surface area contributed by atoms with Crippen molar-refractivity contribution in [3.8, 4) is 5.75 Å². The first kappa shape index (κ1) is 11.8. The third-order valence-corrected chi connectivity index (χ3v) is 4.92. The van der Waals surface area contributed by atoms with Crippen molar-refractivity contribution in [2.45, 2.75) is 51.1 Å². The van der Waals surface area contributed by atoms with E-state index in [0.29, 0.717) is 6.04 Å². The molecule has 2 aliphatic carbocycles. The number of benzene rings is 1. The van der Waals surface area contributed by atoms with E-state index in [1.54, 1.807) is 0 Å².